The van der Waals surface area contributed by atoms with Crippen LogP contribution in [-0.4, -0.2) is 57.6 Å². The van der Waals surface area contributed by atoms with Crippen LogP contribution in [0.4, 0.5) is 0 Å². The Kier molecular flexibility index (Phi) is 8.34. The van der Waals surface area contributed by atoms with Crippen LogP contribution < -0.4 is 0 Å². The van der Waals surface area contributed by atoms with Gasteiger partial charge in [-0.3, -0.25) is 0 Å². The van der Waals surface area contributed by atoms with E-state index in [0.29, 0.717) is 12.0 Å². The van der Waals surface area contributed by atoms with Crippen LogP contribution in [0.3, 0.4) is 0 Å². The van der Waals surface area contributed by atoms with Gasteiger partial charge >= 0.3 is 5.97 Å². The molecule has 0 fully saturated rings. The summed E-state index contributed by atoms with van der Waals surface area (Å²) in [6.45, 7) is 25.6. The van der Waals surface area contributed by atoms with Gasteiger partial charge in [-0.05, 0) is 84.6 Å². The molecule has 3 atom stereocenters. The molecule has 5 nitrogen and oxygen atoms in total. The van der Waals surface area contributed by atoms with Crippen molar-refractivity contribution in [3.8, 4) is 0 Å². The first kappa shape index (κ1) is 26.0. The van der Waals surface area contributed by atoms with Crippen LogP contribution in [0, 0.1) is 0 Å². The van der Waals surface area contributed by atoms with Gasteiger partial charge in [-0.1, -0.05) is 0 Å². The minimum absolute atomic E-state index is 0.186. The molecule has 0 amide bonds. The smallest absolute Gasteiger partial charge is 0.320 e. The molecule has 0 aromatic rings. The monoisotopic (exact) mass is 462 g/mol. The average molecular weight is 463 g/mol. The molecule has 0 radical (unpaired) electrons. The maximum atomic E-state index is 12.9. The number of rotatable bonds is 8. The molecule has 28 heavy (non-hydrogen) atoms. The molecule has 0 heterocycles. The summed E-state index contributed by atoms with van der Waals surface area (Å²) in [5.41, 5.74) is 0.671. The minimum atomic E-state index is -1.98. The maximum Gasteiger partial charge on any atom is 0.320 e. The Labute approximate surface area is 176 Å². The van der Waals surface area contributed by atoms with Gasteiger partial charge in [0.05, 0.1) is 18.3 Å². The highest BCUT2D eigenvalue weighted by molar-refractivity contribution is 6.71. The third-order valence-electron chi connectivity index (χ3n) is 3.62. The summed E-state index contributed by atoms with van der Waals surface area (Å²) in [4.78, 5) is 12.9. The van der Waals surface area contributed by atoms with E-state index in [1.54, 1.807) is 0 Å². The zero-order chi connectivity index (χ0) is 22.1. The quantitative estimate of drug-likeness (QED) is 0.455. The fraction of sp³-hybridized carbons (Fsp3) is 0.842. The SMILES string of the molecule is C[Si](C)(C)OC(=O)C1=C[C@@H](O[Si](C)(C)C)[C@@H](O[Si](C)(C)C)[C@H](O[Si](C)(C)C)C1. The summed E-state index contributed by atoms with van der Waals surface area (Å²) in [5.74, 6) is -0.223. The molecule has 0 aromatic carbocycles. The first-order valence-corrected chi connectivity index (χ1v) is 23.9. The van der Waals surface area contributed by atoms with Crippen LogP contribution in [0.15, 0.2) is 11.6 Å². The molecule has 164 valence electrons. The molecule has 0 spiro atoms. The molecule has 1 rings (SSSR count). The fourth-order valence-corrected chi connectivity index (χ4v) is 6.96. The second-order valence-corrected chi connectivity index (χ2v) is 29.4. The molecule has 1 aliphatic rings. The normalized spacial score (nSPS) is 24.7. The van der Waals surface area contributed by atoms with E-state index in [0.717, 1.165) is 0 Å². The summed E-state index contributed by atoms with van der Waals surface area (Å²) in [6.07, 6.45) is 1.82. The van der Waals surface area contributed by atoms with Crippen molar-refractivity contribution in [3.63, 3.8) is 0 Å². The Morgan fingerprint density at radius 2 is 1.21 bits per heavy atom. The van der Waals surface area contributed by atoms with Crippen molar-refractivity contribution in [3.05, 3.63) is 11.6 Å². The largest absolute Gasteiger partial charge is 0.517 e. The van der Waals surface area contributed by atoms with Gasteiger partial charge in [-0.25, -0.2) is 4.79 Å². The van der Waals surface area contributed by atoms with Gasteiger partial charge in [-0.15, -0.1) is 0 Å². The number of hydrogen-bond acceptors (Lipinski definition) is 5. The van der Waals surface area contributed by atoms with E-state index < -0.39 is 33.3 Å². The van der Waals surface area contributed by atoms with Crippen LogP contribution >= 0.6 is 0 Å². The predicted octanol–water partition coefficient (Wildman–Crippen LogP) is 5.35. The van der Waals surface area contributed by atoms with Crippen LogP contribution in [0.5, 0.6) is 0 Å². The van der Waals surface area contributed by atoms with Crippen molar-refractivity contribution < 1.29 is 22.5 Å². The van der Waals surface area contributed by atoms with Gasteiger partial charge in [-0.2, -0.15) is 0 Å². The lowest BCUT2D eigenvalue weighted by Crippen LogP contribution is -2.54. The molecule has 0 aromatic heterocycles. The van der Waals surface area contributed by atoms with E-state index in [1.807, 2.05) is 25.7 Å². The summed E-state index contributed by atoms with van der Waals surface area (Å²) < 4.78 is 25.4. The van der Waals surface area contributed by atoms with E-state index in [4.69, 9.17) is 17.7 Å². The maximum absolute atomic E-state index is 12.9. The molecule has 0 unspecified atom stereocenters. The van der Waals surface area contributed by atoms with Gasteiger partial charge in [0.2, 0.25) is 8.32 Å². The first-order valence-electron chi connectivity index (χ1n) is 10.2. The molecule has 0 saturated heterocycles. The third kappa shape index (κ3) is 10.1. The molecule has 9 heteroatoms. The molecular weight excluding hydrogens is 421 g/mol. The lowest BCUT2D eigenvalue weighted by molar-refractivity contribution is -0.132. The third-order valence-corrected chi connectivity index (χ3v) is 7.39. The van der Waals surface area contributed by atoms with Gasteiger partial charge in [0.1, 0.15) is 0 Å². The predicted molar refractivity (Wildman–Crippen MR) is 127 cm³/mol. The lowest BCUT2D eigenvalue weighted by Gasteiger charge is -2.43. The Morgan fingerprint density at radius 1 is 0.750 bits per heavy atom. The Balaban J connectivity index is 3.32. The summed E-state index contributed by atoms with van der Waals surface area (Å²) in [6, 6.07) is 0. The van der Waals surface area contributed by atoms with Crippen molar-refractivity contribution in [2.75, 3.05) is 0 Å². The van der Waals surface area contributed by atoms with Crippen molar-refractivity contribution >= 4 is 39.2 Å². The summed E-state index contributed by atoms with van der Waals surface area (Å²) >= 11 is 0. The summed E-state index contributed by atoms with van der Waals surface area (Å²) in [7, 11) is -7.51. The Morgan fingerprint density at radius 3 is 1.61 bits per heavy atom. The molecular formula is C19H42O5Si4. The highest BCUT2D eigenvalue weighted by Gasteiger charge is 2.43. The van der Waals surface area contributed by atoms with E-state index in [2.05, 4.69) is 58.9 Å². The van der Waals surface area contributed by atoms with Crippen molar-refractivity contribution in [1.82, 2.24) is 0 Å². The second kappa shape index (κ2) is 8.99. The second-order valence-electron chi connectivity index (χ2n) is 11.6. The lowest BCUT2D eigenvalue weighted by atomic mass is 9.92. The highest BCUT2D eigenvalue weighted by atomic mass is 28.4. The first-order chi connectivity index (χ1) is 12.3. The van der Waals surface area contributed by atoms with Crippen LogP contribution in [0.1, 0.15) is 6.42 Å². The topological polar surface area (TPSA) is 54.0 Å². The van der Waals surface area contributed by atoms with Crippen molar-refractivity contribution in [2.24, 2.45) is 0 Å². The van der Waals surface area contributed by atoms with Gasteiger partial charge < -0.3 is 17.7 Å². The van der Waals surface area contributed by atoms with Crippen LogP contribution in [0.2, 0.25) is 78.6 Å². The molecule has 0 bridgehead atoms. The van der Waals surface area contributed by atoms with Crippen LogP contribution in [0.25, 0.3) is 0 Å². The summed E-state index contributed by atoms with van der Waals surface area (Å²) in [5, 5.41) is 0. The molecule has 1 aliphatic carbocycles. The highest BCUT2D eigenvalue weighted by Crippen LogP contribution is 2.33. The minimum Gasteiger partial charge on any atom is -0.517 e. The zero-order valence-electron chi connectivity index (χ0n) is 20.1. The average Bonchev–Trinajstić information content (AvgIpc) is 2.35. The van der Waals surface area contributed by atoms with Crippen molar-refractivity contribution in [1.29, 1.82) is 0 Å². The number of carbonyl (C=O) groups is 1. The van der Waals surface area contributed by atoms with Gasteiger partial charge in [0.25, 0.3) is 0 Å². The fourth-order valence-electron chi connectivity index (χ4n) is 3.02. The standard InChI is InChI=1S/C19H42O5Si4/c1-25(2,3)21-16-13-15(19(20)24-28(10,11)12)14-17(22-26(4,5)6)18(16)23-27(7,8)9/h13,16-18H,14H2,1-12H3/t16-,17-,18-/m1/s1. The van der Waals surface area contributed by atoms with Crippen LogP contribution in [-0.2, 0) is 22.5 Å². The number of carbonyl (C=O) groups excluding carboxylic acids is 1. The Bertz CT molecular complexity index is 579. The van der Waals surface area contributed by atoms with E-state index in [1.165, 1.54) is 0 Å². The van der Waals surface area contributed by atoms with E-state index >= 15 is 0 Å². The zero-order valence-corrected chi connectivity index (χ0v) is 24.1. The Hall–Kier alpha value is -0.0425. The van der Waals surface area contributed by atoms with Gasteiger partial charge in [0.15, 0.2) is 25.0 Å². The molecule has 0 saturated carbocycles. The number of hydrogen-bond donors (Lipinski definition) is 0. The van der Waals surface area contributed by atoms with E-state index in [-0.39, 0.29) is 24.3 Å². The van der Waals surface area contributed by atoms with E-state index in [9.17, 15) is 4.79 Å². The molecule has 0 N–H and O–H groups in total. The van der Waals surface area contributed by atoms with Gasteiger partial charge in [0, 0.05) is 12.0 Å². The van der Waals surface area contributed by atoms with Crippen molar-refractivity contribution in [2.45, 2.75) is 103 Å². The molecule has 0 aliphatic heterocycles.